The Morgan fingerprint density at radius 2 is 2.22 bits per heavy atom. The number of aryl methyl sites for hydroxylation is 1. The molecule has 1 aromatic rings. The lowest BCUT2D eigenvalue weighted by molar-refractivity contribution is 0.0933. The zero-order valence-electron chi connectivity index (χ0n) is 10.7. The second-order valence-corrected chi connectivity index (χ2v) is 4.85. The number of carbonyl (C=O) groups excluding carboxylic acids is 1. The van der Waals surface area contributed by atoms with Crippen molar-refractivity contribution in [2.75, 3.05) is 13.1 Å². The number of aromatic hydroxyl groups is 1. The number of rotatable bonds is 2. The van der Waals surface area contributed by atoms with Gasteiger partial charge in [-0.3, -0.25) is 4.79 Å². The smallest absolute Gasteiger partial charge is 0.251 e. The second kappa shape index (κ2) is 5.87. The highest BCUT2D eigenvalue weighted by molar-refractivity contribution is 5.95. The van der Waals surface area contributed by atoms with Crippen molar-refractivity contribution < 1.29 is 9.90 Å². The molecule has 1 aliphatic rings. The highest BCUT2D eigenvalue weighted by Gasteiger charge is 2.16. The van der Waals surface area contributed by atoms with Gasteiger partial charge in [-0.15, -0.1) is 0 Å². The van der Waals surface area contributed by atoms with E-state index in [4.69, 9.17) is 0 Å². The van der Waals surface area contributed by atoms with Gasteiger partial charge in [0.05, 0.1) is 0 Å². The van der Waals surface area contributed by atoms with Crippen LogP contribution in [0.25, 0.3) is 0 Å². The Kier molecular flexibility index (Phi) is 4.20. The molecule has 4 heteroatoms. The summed E-state index contributed by atoms with van der Waals surface area (Å²) in [4.78, 5) is 12.1. The predicted octanol–water partition coefficient (Wildman–Crippen LogP) is 1.57. The minimum absolute atomic E-state index is 0.0422. The minimum atomic E-state index is -0.0422. The lowest BCUT2D eigenvalue weighted by Crippen LogP contribution is -2.35. The van der Waals surface area contributed by atoms with Crippen LogP contribution in [0.3, 0.4) is 0 Å². The Hall–Kier alpha value is -1.55. The lowest BCUT2D eigenvalue weighted by Gasteiger charge is -2.16. The van der Waals surface area contributed by atoms with Gasteiger partial charge in [0.2, 0.25) is 0 Å². The average molecular weight is 248 g/mol. The molecule has 0 radical (unpaired) electrons. The molecule has 0 aromatic heterocycles. The summed E-state index contributed by atoms with van der Waals surface area (Å²) in [6.07, 6.45) is 3.10. The maximum absolute atomic E-state index is 12.1. The van der Waals surface area contributed by atoms with Crippen LogP contribution in [0, 0.1) is 6.92 Å². The summed E-state index contributed by atoms with van der Waals surface area (Å²) in [5, 5.41) is 15.7. The molecule has 1 aliphatic heterocycles. The van der Waals surface area contributed by atoms with Crippen LogP contribution in [-0.2, 0) is 0 Å². The van der Waals surface area contributed by atoms with E-state index >= 15 is 0 Å². The predicted molar refractivity (Wildman–Crippen MR) is 70.8 cm³/mol. The summed E-state index contributed by atoms with van der Waals surface area (Å²) >= 11 is 0. The quantitative estimate of drug-likeness (QED) is 0.744. The summed E-state index contributed by atoms with van der Waals surface area (Å²) in [5.41, 5.74) is 1.45. The summed E-state index contributed by atoms with van der Waals surface area (Å²) in [6.45, 7) is 3.83. The Balaban J connectivity index is 2.02. The largest absolute Gasteiger partial charge is 0.508 e. The van der Waals surface area contributed by atoms with Crippen LogP contribution < -0.4 is 10.6 Å². The zero-order chi connectivity index (χ0) is 13.0. The Morgan fingerprint density at radius 1 is 1.39 bits per heavy atom. The van der Waals surface area contributed by atoms with E-state index in [1.165, 1.54) is 0 Å². The van der Waals surface area contributed by atoms with Crippen molar-refractivity contribution in [2.45, 2.75) is 32.2 Å². The first-order chi connectivity index (χ1) is 8.66. The van der Waals surface area contributed by atoms with Crippen LogP contribution >= 0.6 is 0 Å². The van der Waals surface area contributed by atoms with Gasteiger partial charge < -0.3 is 15.7 Å². The molecule has 98 valence electrons. The van der Waals surface area contributed by atoms with Gasteiger partial charge in [0, 0.05) is 11.6 Å². The summed E-state index contributed by atoms with van der Waals surface area (Å²) < 4.78 is 0. The number of hydrogen-bond acceptors (Lipinski definition) is 3. The maximum Gasteiger partial charge on any atom is 0.251 e. The SMILES string of the molecule is Cc1cc(O)ccc1C(=O)NC1CCCNCC1. The normalized spacial score (nSPS) is 20.2. The van der Waals surface area contributed by atoms with E-state index in [1.54, 1.807) is 18.2 Å². The van der Waals surface area contributed by atoms with Gasteiger partial charge in [-0.25, -0.2) is 0 Å². The van der Waals surface area contributed by atoms with Gasteiger partial charge >= 0.3 is 0 Å². The van der Waals surface area contributed by atoms with Crippen molar-refractivity contribution in [2.24, 2.45) is 0 Å². The number of amides is 1. The molecule has 0 aliphatic carbocycles. The molecule has 1 unspecified atom stereocenters. The van der Waals surface area contributed by atoms with Crippen molar-refractivity contribution in [3.63, 3.8) is 0 Å². The number of hydrogen-bond donors (Lipinski definition) is 3. The molecule has 4 nitrogen and oxygen atoms in total. The highest BCUT2D eigenvalue weighted by Crippen LogP contribution is 2.16. The summed E-state index contributed by atoms with van der Waals surface area (Å²) in [7, 11) is 0. The van der Waals surface area contributed by atoms with E-state index in [1.807, 2.05) is 6.92 Å². The van der Waals surface area contributed by atoms with Crippen LogP contribution in [0.2, 0.25) is 0 Å². The number of phenols is 1. The van der Waals surface area contributed by atoms with Crippen molar-refractivity contribution in [3.8, 4) is 5.75 Å². The molecule has 0 bridgehead atoms. The van der Waals surface area contributed by atoms with Gasteiger partial charge in [-0.05, 0) is 63.0 Å². The van der Waals surface area contributed by atoms with Crippen molar-refractivity contribution in [1.82, 2.24) is 10.6 Å². The van der Waals surface area contributed by atoms with Gasteiger partial charge in [-0.2, -0.15) is 0 Å². The minimum Gasteiger partial charge on any atom is -0.508 e. The molecule has 2 rings (SSSR count). The molecule has 1 fully saturated rings. The third kappa shape index (κ3) is 3.23. The molecule has 18 heavy (non-hydrogen) atoms. The Morgan fingerprint density at radius 3 is 3.00 bits per heavy atom. The molecular weight excluding hydrogens is 228 g/mol. The molecule has 1 amide bonds. The standard InChI is InChI=1S/C14H20N2O2/c1-10-9-12(17)4-5-13(10)14(18)16-11-3-2-7-15-8-6-11/h4-5,9,11,15,17H,2-3,6-8H2,1H3,(H,16,18). The Bertz CT molecular complexity index is 424. The van der Waals surface area contributed by atoms with E-state index in [2.05, 4.69) is 10.6 Å². The first kappa shape index (κ1) is 12.9. The number of benzene rings is 1. The number of phenolic OH excluding ortho intramolecular Hbond substituents is 1. The van der Waals surface area contributed by atoms with Crippen LogP contribution in [0.4, 0.5) is 0 Å². The third-order valence-corrected chi connectivity index (χ3v) is 3.37. The van der Waals surface area contributed by atoms with Gasteiger partial charge in [0.25, 0.3) is 5.91 Å². The lowest BCUT2D eigenvalue weighted by atomic mass is 10.1. The van der Waals surface area contributed by atoms with Crippen LogP contribution in [-0.4, -0.2) is 30.1 Å². The molecule has 1 atom stereocenters. The maximum atomic E-state index is 12.1. The van der Waals surface area contributed by atoms with Crippen LogP contribution in [0.5, 0.6) is 5.75 Å². The first-order valence-electron chi connectivity index (χ1n) is 6.48. The van der Waals surface area contributed by atoms with Crippen molar-refractivity contribution in [1.29, 1.82) is 0 Å². The monoisotopic (exact) mass is 248 g/mol. The van der Waals surface area contributed by atoms with Crippen molar-refractivity contribution >= 4 is 5.91 Å². The van der Waals surface area contributed by atoms with Gasteiger partial charge in [-0.1, -0.05) is 0 Å². The van der Waals surface area contributed by atoms with E-state index in [0.717, 1.165) is 37.9 Å². The van der Waals surface area contributed by atoms with Gasteiger partial charge in [0.15, 0.2) is 0 Å². The fraction of sp³-hybridized carbons (Fsp3) is 0.500. The molecule has 0 saturated carbocycles. The highest BCUT2D eigenvalue weighted by atomic mass is 16.3. The average Bonchev–Trinajstić information content (AvgIpc) is 2.57. The molecule has 3 N–H and O–H groups in total. The topological polar surface area (TPSA) is 61.4 Å². The van der Waals surface area contributed by atoms with Gasteiger partial charge in [0.1, 0.15) is 5.75 Å². The molecule has 1 saturated heterocycles. The third-order valence-electron chi connectivity index (χ3n) is 3.37. The molecule has 0 spiro atoms. The fourth-order valence-corrected chi connectivity index (χ4v) is 2.33. The van der Waals surface area contributed by atoms with Crippen molar-refractivity contribution in [3.05, 3.63) is 29.3 Å². The zero-order valence-corrected chi connectivity index (χ0v) is 10.7. The second-order valence-electron chi connectivity index (χ2n) is 4.85. The molecule has 1 heterocycles. The van der Waals surface area contributed by atoms with E-state index in [9.17, 15) is 9.90 Å². The van der Waals surface area contributed by atoms with E-state index in [0.29, 0.717) is 5.56 Å². The first-order valence-corrected chi connectivity index (χ1v) is 6.48. The van der Waals surface area contributed by atoms with E-state index < -0.39 is 0 Å². The Labute approximate surface area is 107 Å². The fourth-order valence-electron chi connectivity index (χ4n) is 2.33. The van der Waals surface area contributed by atoms with E-state index in [-0.39, 0.29) is 17.7 Å². The summed E-state index contributed by atoms with van der Waals surface area (Å²) in [6, 6.07) is 5.09. The summed E-state index contributed by atoms with van der Waals surface area (Å²) in [5.74, 6) is 0.155. The number of nitrogens with one attached hydrogen (secondary N) is 2. The van der Waals surface area contributed by atoms with Crippen LogP contribution in [0.1, 0.15) is 35.2 Å². The number of carbonyl (C=O) groups is 1. The van der Waals surface area contributed by atoms with Crippen LogP contribution in [0.15, 0.2) is 18.2 Å². The molecular formula is C14H20N2O2. The molecule has 1 aromatic carbocycles.